The molecule has 0 aromatic heterocycles. The average Bonchev–Trinajstić information content (AvgIpc) is 2.83. The molecule has 0 aliphatic carbocycles. The van der Waals surface area contributed by atoms with Crippen molar-refractivity contribution in [2.75, 3.05) is 22.6 Å². The molecule has 0 atom stereocenters. The van der Waals surface area contributed by atoms with Gasteiger partial charge in [0.2, 0.25) is 0 Å². The Bertz CT molecular complexity index is 1280. The van der Waals surface area contributed by atoms with Crippen LogP contribution < -0.4 is 20.7 Å². The van der Waals surface area contributed by atoms with Crippen LogP contribution in [0.2, 0.25) is 0 Å². The molecule has 0 radical (unpaired) electrons. The maximum atomic E-state index is 12.7. The molecule has 37 heavy (non-hydrogen) atoms. The molecule has 0 unspecified atom stereocenters. The molecule has 0 fully saturated rings. The van der Waals surface area contributed by atoms with Crippen LogP contribution in [0, 0.1) is 10.1 Å². The maximum absolute atomic E-state index is 12.7. The molecule has 3 amide bonds. The molecule has 11 heteroatoms. The molecule has 0 aliphatic rings. The number of nitrogens with zero attached hydrogens (tertiary/aromatic N) is 1. The van der Waals surface area contributed by atoms with Gasteiger partial charge in [-0.15, -0.1) is 0 Å². The number of carbonyl (C=O) groups excluding carboxylic acids is 3. The molecule has 11 nitrogen and oxygen atoms in total. The van der Waals surface area contributed by atoms with E-state index in [4.69, 9.17) is 9.47 Å². The van der Waals surface area contributed by atoms with Crippen LogP contribution in [0.3, 0.4) is 0 Å². The van der Waals surface area contributed by atoms with Crippen LogP contribution in [0.25, 0.3) is 0 Å². The van der Waals surface area contributed by atoms with E-state index in [1.165, 1.54) is 36.4 Å². The largest absolute Gasteiger partial charge is 0.484 e. The van der Waals surface area contributed by atoms with E-state index in [-0.39, 0.29) is 12.3 Å². The zero-order valence-electron chi connectivity index (χ0n) is 20.4. The molecular weight excluding hydrogens is 480 g/mol. The Morgan fingerprint density at radius 2 is 1.43 bits per heavy atom. The Morgan fingerprint density at radius 1 is 0.838 bits per heavy atom. The van der Waals surface area contributed by atoms with Crippen molar-refractivity contribution in [2.24, 2.45) is 0 Å². The number of ether oxygens (including phenoxy) is 2. The number of nitrogens with one attached hydrogen (secondary N) is 3. The summed E-state index contributed by atoms with van der Waals surface area (Å²) in [5.74, 6) is -0.551. The van der Waals surface area contributed by atoms with Crippen molar-refractivity contribution in [3.63, 3.8) is 0 Å². The summed E-state index contributed by atoms with van der Waals surface area (Å²) in [6.45, 7) is 4.94. The molecule has 0 heterocycles. The number of hydrogen-bond acceptors (Lipinski definition) is 7. The van der Waals surface area contributed by atoms with Crippen molar-refractivity contribution >= 4 is 40.7 Å². The Labute approximate surface area is 212 Å². The summed E-state index contributed by atoms with van der Waals surface area (Å²) in [5, 5.41) is 18.7. The molecule has 0 saturated heterocycles. The van der Waals surface area contributed by atoms with Gasteiger partial charge < -0.3 is 20.1 Å². The van der Waals surface area contributed by atoms with Gasteiger partial charge in [-0.1, -0.05) is 12.1 Å². The Morgan fingerprint density at radius 3 is 2.00 bits per heavy atom. The van der Waals surface area contributed by atoms with Crippen molar-refractivity contribution in [1.29, 1.82) is 0 Å². The van der Waals surface area contributed by atoms with Gasteiger partial charge in [0.1, 0.15) is 11.4 Å². The predicted molar refractivity (Wildman–Crippen MR) is 138 cm³/mol. The minimum Gasteiger partial charge on any atom is -0.484 e. The van der Waals surface area contributed by atoms with Crippen molar-refractivity contribution in [1.82, 2.24) is 0 Å². The zero-order valence-corrected chi connectivity index (χ0v) is 20.4. The lowest BCUT2D eigenvalue weighted by Crippen LogP contribution is -2.27. The third kappa shape index (κ3) is 8.35. The number of carbonyl (C=O) groups is 3. The lowest BCUT2D eigenvalue weighted by atomic mass is 10.1. The maximum Gasteiger partial charge on any atom is 0.412 e. The number of benzene rings is 3. The summed E-state index contributed by atoms with van der Waals surface area (Å²) in [6, 6.07) is 18.3. The first-order valence-corrected chi connectivity index (χ1v) is 11.2. The summed E-state index contributed by atoms with van der Waals surface area (Å²) in [5.41, 5.74) is 0.786. The van der Waals surface area contributed by atoms with Crippen molar-refractivity contribution in [2.45, 2.75) is 26.4 Å². The molecule has 0 saturated carbocycles. The first-order valence-electron chi connectivity index (χ1n) is 11.2. The van der Waals surface area contributed by atoms with Crippen LogP contribution in [0.15, 0.2) is 72.8 Å². The smallest absolute Gasteiger partial charge is 0.412 e. The van der Waals surface area contributed by atoms with Gasteiger partial charge >= 0.3 is 6.09 Å². The molecule has 192 valence electrons. The van der Waals surface area contributed by atoms with Crippen LogP contribution in [0.4, 0.5) is 27.5 Å². The molecule has 3 aromatic rings. The summed E-state index contributed by atoms with van der Waals surface area (Å²) < 4.78 is 10.6. The predicted octanol–water partition coefficient (Wildman–Crippen LogP) is 5.21. The van der Waals surface area contributed by atoms with E-state index in [0.29, 0.717) is 28.4 Å². The van der Waals surface area contributed by atoms with Crippen molar-refractivity contribution in [3.05, 3.63) is 88.5 Å². The summed E-state index contributed by atoms with van der Waals surface area (Å²) >= 11 is 0. The average molecular weight is 507 g/mol. The molecule has 0 bridgehead atoms. The third-order valence-corrected chi connectivity index (χ3v) is 4.66. The second kappa shape index (κ2) is 11.7. The van der Waals surface area contributed by atoms with E-state index in [2.05, 4.69) is 16.0 Å². The second-order valence-corrected chi connectivity index (χ2v) is 8.79. The first-order chi connectivity index (χ1) is 17.5. The quantitative estimate of drug-likeness (QED) is 0.280. The first kappa shape index (κ1) is 26.7. The number of non-ortho nitro benzene ring substituents is 1. The SMILES string of the molecule is CC(C)(C)OC(=O)Nc1ccccc1NC(=O)c1ccc(NC(=O)COc2ccc([N+](=O)[O-])cc2)cc1. The molecule has 0 aliphatic heterocycles. The van der Waals surface area contributed by atoms with Gasteiger partial charge in [0, 0.05) is 23.4 Å². The van der Waals surface area contributed by atoms with Crippen LogP contribution in [0.1, 0.15) is 31.1 Å². The molecular formula is C26H26N4O7. The van der Waals surface area contributed by atoms with Gasteiger partial charge in [-0.3, -0.25) is 25.0 Å². The molecule has 3 aromatic carbocycles. The highest BCUT2D eigenvalue weighted by Crippen LogP contribution is 2.23. The van der Waals surface area contributed by atoms with Gasteiger partial charge in [-0.05, 0) is 69.3 Å². The van der Waals surface area contributed by atoms with Crippen molar-refractivity contribution < 1.29 is 28.8 Å². The topological polar surface area (TPSA) is 149 Å². The van der Waals surface area contributed by atoms with E-state index in [9.17, 15) is 24.5 Å². The highest BCUT2D eigenvalue weighted by atomic mass is 16.6. The number of amides is 3. The van der Waals surface area contributed by atoms with E-state index < -0.39 is 28.4 Å². The minimum absolute atomic E-state index is 0.0799. The number of para-hydroxylation sites is 2. The number of rotatable bonds is 8. The fourth-order valence-corrected chi connectivity index (χ4v) is 3.02. The van der Waals surface area contributed by atoms with Gasteiger partial charge in [0.15, 0.2) is 6.61 Å². The van der Waals surface area contributed by atoms with Gasteiger partial charge in [0.05, 0.1) is 16.3 Å². The second-order valence-electron chi connectivity index (χ2n) is 8.79. The van der Waals surface area contributed by atoms with Crippen LogP contribution in [-0.2, 0) is 9.53 Å². The number of nitro groups is 1. The molecule has 3 N–H and O–H groups in total. The zero-order chi connectivity index (χ0) is 27.0. The fraction of sp³-hybridized carbons (Fsp3) is 0.192. The third-order valence-electron chi connectivity index (χ3n) is 4.66. The van der Waals surface area contributed by atoms with E-state index in [1.54, 1.807) is 57.2 Å². The summed E-state index contributed by atoms with van der Waals surface area (Å²) in [4.78, 5) is 47.2. The van der Waals surface area contributed by atoms with Crippen LogP contribution in [0.5, 0.6) is 5.75 Å². The van der Waals surface area contributed by atoms with Crippen LogP contribution in [-0.4, -0.2) is 35.0 Å². The van der Waals surface area contributed by atoms with Gasteiger partial charge in [0.25, 0.3) is 17.5 Å². The van der Waals surface area contributed by atoms with E-state index in [1.807, 2.05) is 0 Å². The molecule has 3 rings (SSSR count). The van der Waals surface area contributed by atoms with Gasteiger partial charge in [-0.25, -0.2) is 4.79 Å². The Balaban J connectivity index is 1.54. The monoisotopic (exact) mass is 506 g/mol. The minimum atomic E-state index is -0.670. The Kier molecular flexibility index (Phi) is 8.41. The fourth-order valence-electron chi connectivity index (χ4n) is 3.02. The van der Waals surface area contributed by atoms with Crippen LogP contribution >= 0.6 is 0 Å². The lowest BCUT2D eigenvalue weighted by molar-refractivity contribution is -0.384. The Hall–Kier alpha value is -4.93. The number of nitro benzene ring substituents is 1. The summed E-state index contributed by atoms with van der Waals surface area (Å²) in [6.07, 6.45) is -0.646. The highest BCUT2D eigenvalue weighted by molar-refractivity contribution is 6.07. The normalized spacial score (nSPS) is 10.7. The van der Waals surface area contributed by atoms with Gasteiger partial charge in [-0.2, -0.15) is 0 Å². The standard InChI is InChI=1S/C26H26N4O7/c1-26(2,3)37-25(33)29-22-7-5-4-6-21(22)28-24(32)17-8-10-18(11-9-17)27-23(31)16-36-20-14-12-19(13-15-20)30(34)35/h4-15H,16H2,1-3H3,(H,27,31)(H,28,32)(H,29,33). The number of anilines is 3. The summed E-state index contributed by atoms with van der Waals surface area (Å²) in [7, 11) is 0. The highest BCUT2D eigenvalue weighted by Gasteiger charge is 2.18. The number of hydrogen-bond donors (Lipinski definition) is 3. The van der Waals surface area contributed by atoms with E-state index in [0.717, 1.165) is 0 Å². The lowest BCUT2D eigenvalue weighted by Gasteiger charge is -2.20. The molecule has 0 spiro atoms. The van der Waals surface area contributed by atoms with E-state index >= 15 is 0 Å². The van der Waals surface area contributed by atoms with Crippen molar-refractivity contribution in [3.8, 4) is 5.75 Å².